The van der Waals surface area contributed by atoms with Crippen LogP contribution in [0.25, 0.3) is 0 Å². The molecule has 0 amide bonds. The van der Waals surface area contributed by atoms with Crippen LogP contribution in [0.15, 0.2) is 11.6 Å². The largest absolute Gasteiger partial charge is 0.388 e. The number of hydrogen-bond donors (Lipinski definition) is 1. The Labute approximate surface area is 99.9 Å². The second-order valence-corrected chi connectivity index (χ2v) is 5.61. The Kier molecular flexibility index (Phi) is 4.45. The average Bonchev–Trinajstić information content (AvgIpc) is 2.89. The first-order valence-corrected chi connectivity index (χ1v) is 7.20. The Morgan fingerprint density at radius 1 is 1.25 bits per heavy atom. The summed E-state index contributed by atoms with van der Waals surface area (Å²) >= 11 is 0. The molecule has 16 heavy (non-hydrogen) atoms. The average molecular weight is 222 g/mol. The van der Waals surface area contributed by atoms with Gasteiger partial charge >= 0.3 is 0 Å². The van der Waals surface area contributed by atoms with Crippen molar-refractivity contribution in [2.24, 2.45) is 11.8 Å². The molecule has 2 aliphatic carbocycles. The van der Waals surface area contributed by atoms with E-state index >= 15 is 0 Å². The Balaban J connectivity index is 1.87. The van der Waals surface area contributed by atoms with Gasteiger partial charge in [0.05, 0.1) is 6.10 Å². The lowest BCUT2D eigenvalue weighted by molar-refractivity contribution is 0.123. The van der Waals surface area contributed by atoms with Gasteiger partial charge in [-0.2, -0.15) is 0 Å². The predicted octanol–water partition coefficient (Wildman–Crippen LogP) is 4.06. The number of aliphatic hydroxyl groups excluding tert-OH is 1. The quantitative estimate of drug-likeness (QED) is 0.561. The summed E-state index contributed by atoms with van der Waals surface area (Å²) in [5, 5.41) is 10.3. The maximum Gasteiger partial charge on any atom is 0.0781 e. The molecule has 0 saturated heterocycles. The van der Waals surface area contributed by atoms with Gasteiger partial charge in [0, 0.05) is 0 Å². The maximum atomic E-state index is 10.3. The number of rotatable bonds is 4. The Morgan fingerprint density at radius 2 is 2.00 bits per heavy atom. The summed E-state index contributed by atoms with van der Waals surface area (Å²) in [6.07, 6.45) is 13.8. The van der Waals surface area contributed by atoms with Gasteiger partial charge in [-0.05, 0) is 36.7 Å². The molecule has 2 rings (SSSR count). The van der Waals surface area contributed by atoms with Gasteiger partial charge in [-0.15, -0.1) is 0 Å². The highest BCUT2D eigenvalue weighted by Gasteiger charge is 2.36. The molecule has 1 N–H and O–H groups in total. The third-order valence-electron chi connectivity index (χ3n) is 4.52. The third-order valence-corrected chi connectivity index (χ3v) is 4.52. The molecule has 2 aliphatic rings. The van der Waals surface area contributed by atoms with E-state index in [1.165, 1.54) is 56.9 Å². The fourth-order valence-corrected chi connectivity index (χ4v) is 3.51. The molecule has 0 radical (unpaired) electrons. The normalized spacial score (nSPS) is 34.0. The second-order valence-electron chi connectivity index (χ2n) is 5.61. The van der Waals surface area contributed by atoms with Crippen LogP contribution in [-0.4, -0.2) is 11.2 Å². The number of allylic oxidation sites excluding steroid dienone is 1. The zero-order chi connectivity index (χ0) is 11.4. The van der Waals surface area contributed by atoms with Crippen molar-refractivity contribution < 1.29 is 5.11 Å². The number of hydrogen-bond acceptors (Lipinski definition) is 1. The summed E-state index contributed by atoms with van der Waals surface area (Å²) in [5.74, 6) is 1.42. The van der Waals surface area contributed by atoms with Crippen molar-refractivity contribution in [2.45, 2.75) is 70.8 Å². The van der Waals surface area contributed by atoms with E-state index in [2.05, 4.69) is 13.0 Å². The minimum Gasteiger partial charge on any atom is -0.388 e. The zero-order valence-electron chi connectivity index (χ0n) is 10.6. The van der Waals surface area contributed by atoms with Gasteiger partial charge in [-0.1, -0.05) is 51.5 Å². The summed E-state index contributed by atoms with van der Waals surface area (Å²) in [7, 11) is 0. The molecule has 0 heterocycles. The van der Waals surface area contributed by atoms with Gasteiger partial charge < -0.3 is 5.11 Å². The molecule has 92 valence electrons. The van der Waals surface area contributed by atoms with Crippen LogP contribution in [0.3, 0.4) is 0 Å². The highest BCUT2D eigenvalue weighted by atomic mass is 16.3. The predicted molar refractivity (Wildman–Crippen MR) is 68.3 cm³/mol. The van der Waals surface area contributed by atoms with E-state index in [9.17, 15) is 5.11 Å². The maximum absolute atomic E-state index is 10.3. The summed E-state index contributed by atoms with van der Waals surface area (Å²) in [6, 6.07) is 0. The first-order chi connectivity index (χ1) is 7.83. The second kappa shape index (κ2) is 5.86. The molecule has 2 saturated carbocycles. The highest BCUT2D eigenvalue weighted by Crippen LogP contribution is 2.42. The molecule has 1 heteroatoms. The lowest BCUT2D eigenvalue weighted by atomic mass is 9.87. The lowest BCUT2D eigenvalue weighted by Gasteiger charge is -2.21. The summed E-state index contributed by atoms with van der Waals surface area (Å²) < 4.78 is 0. The van der Waals surface area contributed by atoms with Gasteiger partial charge in [-0.3, -0.25) is 0 Å². The Bertz CT molecular complexity index is 238. The zero-order valence-corrected chi connectivity index (χ0v) is 10.6. The van der Waals surface area contributed by atoms with E-state index in [1.807, 2.05) is 0 Å². The molecular formula is C15H26O. The molecule has 2 unspecified atom stereocenters. The smallest absolute Gasteiger partial charge is 0.0781 e. The molecular weight excluding hydrogens is 196 g/mol. The molecule has 2 fully saturated rings. The van der Waals surface area contributed by atoms with Crippen LogP contribution in [0.1, 0.15) is 64.7 Å². The minimum absolute atomic E-state index is 0.0973. The van der Waals surface area contributed by atoms with Gasteiger partial charge in [0.25, 0.3) is 0 Å². The van der Waals surface area contributed by atoms with Gasteiger partial charge in [0.2, 0.25) is 0 Å². The Hall–Kier alpha value is -0.300. The summed E-state index contributed by atoms with van der Waals surface area (Å²) in [4.78, 5) is 0. The minimum atomic E-state index is -0.0973. The summed E-state index contributed by atoms with van der Waals surface area (Å²) in [5.41, 5.74) is 1.35. The van der Waals surface area contributed by atoms with Crippen molar-refractivity contribution in [3.05, 3.63) is 11.6 Å². The molecule has 0 aromatic carbocycles. The van der Waals surface area contributed by atoms with E-state index in [0.717, 1.165) is 12.3 Å². The van der Waals surface area contributed by atoms with Crippen LogP contribution in [0, 0.1) is 11.8 Å². The van der Waals surface area contributed by atoms with Crippen molar-refractivity contribution >= 4 is 0 Å². The van der Waals surface area contributed by atoms with Crippen molar-refractivity contribution in [1.82, 2.24) is 0 Å². The molecule has 0 aromatic rings. The van der Waals surface area contributed by atoms with E-state index < -0.39 is 0 Å². The Morgan fingerprint density at radius 3 is 2.69 bits per heavy atom. The third kappa shape index (κ3) is 2.68. The van der Waals surface area contributed by atoms with Crippen LogP contribution in [0.2, 0.25) is 0 Å². The standard InChI is InChI=1S/C15H26O/c1-2-3-4-9-13-10-11-14(15(13)16)12-7-5-6-8-12/h9,12,14-16H,2-8,10-11H2,1H3. The highest BCUT2D eigenvalue weighted by molar-refractivity contribution is 5.15. The van der Waals surface area contributed by atoms with Gasteiger partial charge in [-0.25, -0.2) is 0 Å². The topological polar surface area (TPSA) is 20.2 Å². The first-order valence-electron chi connectivity index (χ1n) is 7.20. The van der Waals surface area contributed by atoms with Gasteiger partial charge in [0.15, 0.2) is 0 Å². The number of aliphatic hydroxyl groups is 1. The molecule has 2 atom stereocenters. The molecule has 0 bridgehead atoms. The van der Waals surface area contributed by atoms with Crippen molar-refractivity contribution in [1.29, 1.82) is 0 Å². The SMILES string of the molecule is CCCCC=C1CCC(C2CCCC2)C1O. The van der Waals surface area contributed by atoms with E-state index in [0.29, 0.717) is 5.92 Å². The molecule has 1 nitrogen and oxygen atoms in total. The van der Waals surface area contributed by atoms with E-state index in [-0.39, 0.29) is 6.10 Å². The van der Waals surface area contributed by atoms with Crippen molar-refractivity contribution in [3.63, 3.8) is 0 Å². The van der Waals surface area contributed by atoms with E-state index in [4.69, 9.17) is 0 Å². The first kappa shape index (κ1) is 12.2. The van der Waals surface area contributed by atoms with Crippen molar-refractivity contribution in [2.75, 3.05) is 0 Å². The van der Waals surface area contributed by atoms with Crippen LogP contribution in [0.5, 0.6) is 0 Å². The summed E-state index contributed by atoms with van der Waals surface area (Å²) in [6.45, 7) is 2.23. The van der Waals surface area contributed by atoms with Crippen molar-refractivity contribution in [3.8, 4) is 0 Å². The monoisotopic (exact) mass is 222 g/mol. The van der Waals surface area contributed by atoms with Crippen LogP contribution in [0.4, 0.5) is 0 Å². The van der Waals surface area contributed by atoms with Crippen LogP contribution in [-0.2, 0) is 0 Å². The van der Waals surface area contributed by atoms with Crippen LogP contribution < -0.4 is 0 Å². The van der Waals surface area contributed by atoms with E-state index in [1.54, 1.807) is 0 Å². The van der Waals surface area contributed by atoms with Gasteiger partial charge in [0.1, 0.15) is 0 Å². The van der Waals surface area contributed by atoms with Crippen LogP contribution >= 0.6 is 0 Å². The molecule has 0 aliphatic heterocycles. The molecule has 0 aromatic heterocycles. The fraction of sp³-hybridized carbons (Fsp3) is 0.867. The lowest BCUT2D eigenvalue weighted by Crippen LogP contribution is -2.21. The number of unbranched alkanes of at least 4 members (excludes halogenated alkanes) is 2. The fourth-order valence-electron chi connectivity index (χ4n) is 3.51. The molecule has 0 spiro atoms.